The van der Waals surface area contributed by atoms with Crippen LogP contribution in [0.4, 0.5) is 5.82 Å². The van der Waals surface area contributed by atoms with Crippen LogP contribution in [0, 0.1) is 11.3 Å². The lowest BCUT2D eigenvalue weighted by Gasteiger charge is -2.30. The number of hydrogen-bond donors (Lipinski definition) is 1. The first-order valence-corrected chi connectivity index (χ1v) is 6.26. The SMILES string of the molecule is CC(C)N(CCNc1cnc(C#N)cn1)C(C)C. The van der Waals surface area contributed by atoms with E-state index in [1.807, 2.05) is 6.07 Å². The molecule has 0 saturated carbocycles. The standard InChI is InChI=1S/C13H21N5/c1-10(2)18(11(3)4)6-5-15-13-9-16-12(7-14)8-17-13/h8-11H,5-6H2,1-4H3,(H,15,17). The van der Waals surface area contributed by atoms with Gasteiger partial charge in [-0.15, -0.1) is 0 Å². The highest BCUT2D eigenvalue weighted by Gasteiger charge is 2.12. The largest absolute Gasteiger partial charge is 0.368 e. The van der Waals surface area contributed by atoms with Crippen LogP contribution in [-0.2, 0) is 0 Å². The van der Waals surface area contributed by atoms with E-state index in [0.717, 1.165) is 13.1 Å². The van der Waals surface area contributed by atoms with Crippen molar-refractivity contribution in [1.29, 1.82) is 5.26 Å². The molecular weight excluding hydrogens is 226 g/mol. The summed E-state index contributed by atoms with van der Waals surface area (Å²) in [7, 11) is 0. The summed E-state index contributed by atoms with van der Waals surface area (Å²) in [5.41, 5.74) is 0.339. The Bertz CT molecular complexity index is 383. The summed E-state index contributed by atoms with van der Waals surface area (Å²) in [5.74, 6) is 0.710. The molecule has 1 heterocycles. The van der Waals surface area contributed by atoms with E-state index in [1.165, 1.54) is 6.20 Å². The van der Waals surface area contributed by atoms with Crippen LogP contribution in [0.1, 0.15) is 33.4 Å². The molecule has 5 heteroatoms. The summed E-state index contributed by atoms with van der Waals surface area (Å²) >= 11 is 0. The molecule has 0 aliphatic heterocycles. The summed E-state index contributed by atoms with van der Waals surface area (Å²) in [5, 5.41) is 11.8. The fraction of sp³-hybridized carbons (Fsp3) is 0.615. The molecule has 0 saturated heterocycles. The molecule has 0 aliphatic carbocycles. The predicted molar refractivity (Wildman–Crippen MR) is 72.2 cm³/mol. The van der Waals surface area contributed by atoms with Gasteiger partial charge in [0.2, 0.25) is 0 Å². The second-order valence-electron chi connectivity index (χ2n) is 4.75. The topological polar surface area (TPSA) is 64.8 Å². The van der Waals surface area contributed by atoms with Gasteiger partial charge in [0.25, 0.3) is 0 Å². The van der Waals surface area contributed by atoms with Gasteiger partial charge >= 0.3 is 0 Å². The minimum absolute atomic E-state index is 0.339. The van der Waals surface area contributed by atoms with Crippen molar-refractivity contribution in [1.82, 2.24) is 14.9 Å². The van der Waals surface area contributed by atoms with Crippen molar-refractivity contribution in [2.75, 3.05) is 18.4 Å². The lowest BCUT2D eigenvalue weighted by molar-refractivity contribution is 0.182. The minimum Gasteiger partial charge on any atom is -0.368 e. The Hall–Kier alpha value is -1.67. The summed E-state index contributed by atoms with van der Waals surface area (Å²) < 4.78 is 0. The Morgan fingerprint density at radius 1 is 1.22 bits per heavy atom. The van der Waals surface area contributed by atoms with Crippen LogP contribution in [0.2, 0.25) is 0 Å². The van der Waals surface area contributed by atoms with Crippen LogP contribution >= 0.6 is 0 Å². The average Bonchev–Trinajstić information content (AvgIpc) is 2.34. The average molecular weight is 247 g/mol. The highest BCUT2D eigenvalue weighted by atomic mass is 15.2. The van der Waals surface area contributed by atoms with Gasteiger partial charge in [0.1, 0.15) is 11.9 Å². The Morgan fingerprint density at radius 2 is 1.89 bits per heavy atom. The second-order valence-corrected chi connectivity index (χ2v) is 4.75. The van der Waals surface area contributed by atoms with Crippen LogP contribution in [0.5, 0.6) is 0 Å². The van der Waals surface area contributed by atoms with Gasteiger partial charge in [0.15, 0.2) is 5.69 Å². The van der Waals surface area contributed by atoms with Gasteiger partial charge in [-0.3, -0.25) is 4.90 Å². The van der Waals surface area contributed by atoms with E-state index in [4.69, 9.17) is 5.26 Å². The molecule has 0 atom stereocenters. The maximum absolute atomic E-state index is 8.62. The van der Waals surface area contributed by atoms with Gasteiger partial charge in [0.05, 0.1) is 12.4 Å². The Morgan fingerprint density at radius 3 is 2.33 bits per heavy atom. The monoisotopic (exact) mass is 247 g/mol. The van der Waals surface area contributed by atoms with Gasteiger partial charge in [-0.1, -0.05) is 0 Å². The molecule has 0 spiro atoms. The third-order valence-electron chi connectivity index (χ3n) is 2.77. The van der Waals surface area contributed by atoms with Crippen LogP contribution in [0.25, 0.3) is 0 Å². The van der Waals surface area contributed by atoms with Crippen molar-refractivity contribution in [3.05, 3.63) is 18.1 Å². The smallest absolute Gasteiger partial charge is 0.158 e. The maximum Gasteiger partial charge on any atom is 0.158 e. The van der Waals surface area contributed by atoms with Crippen molar-refractivity contribution in [3.63, 3.8) is 0 Å². The molecule has 0 aromatic carbocycles. The van der Waals surface area contributed by atoms with Gasteiger partial charge in [-0.25, -0.2) is 9.97 Å². The Balaban J connectivity index is 2.43. The predicted octanol–water partition coefficient (Wildman–Crippen LogP) is 1.88. The molecule has 5 nitrogen and oxygen atoms in total. The molecule has 18 heavy (non-hydrogen) atoms. The van der Waals surface area contributed by atoms with Crippen molar-refractivity contribution >= 4 is 5.82 Å². The second kappa shape index (κ2) is 6.92. The molecular formula is C13H21N5. The Labute approximate surface area is 109 Å². The van der Waals surface area contributed by atoms with Crippen molar-refractivity contribution in [2.45, 2.75) is 39.8 Å². The Kier molecular flexibility index (Phi) is 5.53. The molecule has 0 radical (unpaired) electrons. The van der Waals surface area contributed by atoms with E-state index >= 15 is 0 Å². The van der Waals surface area contributed by atoms with E-state index in [1.54, 1.807) is 6.20 Å². The normalized spacial score (nSPS) is 11.0. The molecule has 1 N–H and O–H groups in total. The van der Waals surface area contributed by atoms with Crippen LogP contribution < -0.4 is 5.32 Å². The molecule has 0 amide bonds. The molecule has 1 aromatic heterocycles. The lowest BCUT2D eigenvalue weighted by atomic mass is 10.2. The summed E-state index contributed by atoms with van der Waals surface area (Å²) in [4.78, 5) is 10.5. The van der Waals surface area contributed by atoms with Crippen LogP contribution in [0.3, 0.4) is 0 Å². The first-order chi connectivity index (χ1) is 8.54. The van der Waals surface area contributed by atoms with E-state index in [9.17, 15) is 0 Å². The summed E-state index contributed by atoms with van der Waals surface area (Å²) in [6, 6.07) is 3.00. The third kappa shape index (κ3) is 4.30. The number of hydrogen-bond acceptors (Lipinski definition) is 5. The van der Waals surface area contributed by atoms with Crippen LogP contribution in [-0.4, -0.2) is 40.0 Å². The number of nitrogens with zero attached hydrogens (tertiary/aromatic N) is 4. The highest BCUT2D eigenvalue weighted by molar-refractivity contribution is 5.32. The molecule has 1 rings (SSSR count). The molecule has 0 aliphatic rings. The number of aromatic nitrogens is 2. The van der Waals surface area contributed by atoms with Crippen molar-refractivity contribution in [3.8, 4) is 6.07 Å². The maximum atomic E-state index is 8.62. The summed E-state index contributed by atoms with van der Waals surface area (Å²) in [6.45, 7) is 10.6. The zero-order chi connectivity index (χ0) is 13.5. The van der Waals surface area contributed by atoms with E-state index in [2.05, 4.69) is 47.9 Å². The van der Waals surface area contributed by atoms with Gasteiger partial charge in [-0.2, -0.15) is 5.26 Å². The lowest BCUT2D eigenvalue weighted by Crippen LogP contribution is -2.40. The van der Waals surface area contributed by atoms with E-state index in [0.29, 0.717) is 23.6 Å². The number of anilines is 1. The quantitative estimate of drug-likeness (QED) is 0.831. The third-order valence-corrected chi connectivity index (χ3v) is 2.77. The van der Waals surface area contributed by atoms with Crippen molar-refractivity contribution < 1.29 is 0 Å². The van der Waals surface area contributed by atoms with Crippen molar-refractivity contribution in [2.24, 2.45) is 0 Å². The first kappa shape index (κ1) is 14.4. The molecule has 0 bridgehead atoms. The fourth-order valence-corrected chi connectivity index (χ4v) is 1.90. The zero-order valence-electron chi connectivity index (χ0n) is 11.5. The molecule has 98 valence electrons. The number of rotatable bonds is 6. The molecule has 0 fully saturated rings. The van der Waals surface area contributed by atoms with Crippen LogP contribution in [0.15, 0.2) is 12.4 Å². The highest BCUT2D eigenvalue weighted by Crippen LogP contribution is 2.05. The summed E-state index contributed by atoms with van der Waals surface area (Å²) in [6.07, 6.45) is 3.07. The van der Waals surface area contributed by atoms with E-state index in [-0.39, 0.29) is 0 Å². The van der Waals surface area contributed by atoms with Gasteiger partial charge in [0, 0.05) is 25.2 Å². The van der Waals surface area contributed by atoms with Gasteiger partial charge in [-0.05, 0) is 27.7 Å². The molecule has 0 unspecified atom stereocenters. The fourth-order valence-electron chi connectivity index (χ4n) is 1.90. The van der Waals surface area contributed by atoms with E-state index < -0.39 is 0 Å². The minimum atomic E-state index is 0.339. The number of nitriles is 1. The number of nitrogens with one attached hydrogen (secondary N) is 1. The molecule has 1 aromatic rings. The zero-order valence-corrected chi connectivity index (χ0v) is 11.5. The first-order valence-electron chi connectivity index (χ1n) is 6.26. The van der Waals surface area contributed by atoms with Gasteiger partial charge < -0.3 is 5.32 Å².